The predicted molar refractivity (Wildman–Crippen MR) is 181 cm³/mol. The van der Waals surface area contributed by atoms with Crippen LogP contribution in [-0.4, -0.2) is 74.7 Å². The largest absolute Gasteiger partial charge is 0.412 e. The lowest BCUT2D eigenvalue weighted by Gasteiger charge is -2.61. The average molecular weight is 651 g/mol. The fourth-order valence-electron chi connectivity index (χ4n) is 8.97. The van der Waals surface area contributed by atoms with Gasteiger partial charge in [-0.15, -0.1) is 0 Å². The molecule has 4 aliphatic carbocycles. The van der Waals surface area contributed by atoms with Crippen molar-refractivity contribution in [2.75, 3.05) is 20.8 Å². The zero-order valence-electron chi connectivity index (χ0n) is 29.2. The fourth-order valence-corrected chi connectivity index (χ4v) is 12.1. The Morgan fingerprint density at radius 3 is 2.19 bits per heavy atom. The molecule has 8 nitrogen and oxygen atoms in total. The number of nitrogens with zero attached hydrogens (tertiary/aromatic N) is 2. The normalized spacial score (nSPS) is 37.9. The van der Waals surface area contributed by atoms with Gasteiger partial charge < -0.3 is 23.0 Å². The molecule has 0 bridgehead atoms. The van der Waals surface area contributed by atoms with E-state index in [4.69, 9.17) is 23.0 Å². The topological polar surface area (TPSA) is 87.9 Å². The summed E-state index contributed by atoms with van der Waals surface area (Å²) in [6.07, 6.45) is 6.94. The molecule has 0 amide bonds. The molecule has 244 valence electrons. The van der Waals surface area contributed by atoms with Gasteiger partial charge in [0.1, 0.15) is 31.3 Å². The van der Waals surface area contributed by atoms with Crippen LogP contribution in [-0.2, 0) is 27.7 Å². The molecule has 0 spiro atoms. The van der Waals surface area contributed by atoms with Crippen LogP contribution < -0.4 is 0 Å². The summed E-state index contributed by atoms with van der Waals surface area (Å²) < 4.78 is 20.7. The molecule has 0 aliphatic heterocycles. The Balaban J connectivity index is 1.84. The van der Waals surface area contributed by atoms with Gasteiger partial charge in [0, 0.05) is 23.2 Å². The number of ketones is 1. The van der Waals surface area contributed by atoms with Gasteiger partial charge in [-0.3, -0.25) is 4.79 Å². The minimum atomic E-state index is -2.10. The van der Waals surface area contributed by atoms with E-state index in [-0.39, 0.29) is 23.4 Å². The smallest absolute Gasteiger partial charge is 0.185 e. The highest BCUT2D eigenvalue weighted by molar-refractivity contribution is 6.70. The van der Waals surface area contributed by atoms with Gasteiger partial charge in [-0.2, -0.15) is 0 Å². The zero-order chi connectivity index (χ0) is 32.2. The number of oxime groups is 2. The lowest BCUT2D eigenvalue weighted by Crippen LogP contribution is -2.65. The zero-order valence-corrected chi connectivity index (χ0v) is 32.2. The highest BCUT2D eigenvalue weighted by Gasteiger charge is 2.70. The molecule has 0 aromatic heterocycles. The second-order valence-corrected chi connectivity index (χ2v) is 30.1. The third kappa shape index (κ3) is 6.72. The number of rotatable bonds is 10. The van der Waals surface area contributed by atoms with Crippen molar-refractivity contribution in [1.82, 2.24) is 0 Å². The molecule has 0 N–H and O–H groups in total. The summed E-state index contributed by atoms with van der Waals surface area (Å²) in [5, 5.41) is 8.96. The van der Waals surface area contributed by atoms with E-state index in [2.05, 4.69) is 89.2 Å². The first-order valence-electron chi connectivity index (χ1n) is 16.2. The molecular weight excluding hydrogens is 593 g/mol. The lowest BCUT2D eigenvalue weighted by molar-refractivity contribution is -0.153. The van der Waals surface area contributed by atoms with E-state index >= 15 is 0 Å². The summed E-state index contributed by atoms with van der Waals surface area (Å²) in [6, 6.07) is 0. The maximum absolute atomic E-state index is 14.7. The molecular formula is C32H58N2O6Si3. The number of carbonyl (C=O) groups is 1. The van der Waals surface area contributed by atoms with Crippen molar-refractivity contribution in [3.8, 4) is 0 Å². The maximum atomic E-state index is 14.7. The molecule has 43 heavy (non-hydrogen) atoms. The van der Waals surface area contributed by atoms with Crippen molar-refractivity contribution in [3.63, 3.8) is 0 Å². The molecule has 0 heterocycles. The van der Waals surface area contributed by atoms with E-state index in [9.17, 15) is 4.79 Å². The highest BCUT2D eigenvalue weighted by Crippen LogP contribution is 2.68. The number of fused-ring (bicyclic) bond motifs is 5. The van der Waals surface area contributed by atoms with Crippen LogP contribution in [0, 0.1) is 28.6 Å². The Morgan fingerprint density at radius 2 is 1.63 bits per heavy atom. The average Bonchev–Trinajstić information content (AvgIpc) is 3.11. The molecule has 4 rings (SSSR count). The first-order chi connectivity index (χ1) is 19.7. The molecule has 0 aromatic carbocycles. The lowest BCUT2D eigenvalue weighted by atomic mass is 9.45. The monoisotopic (exact) mass is 650 g/mol. The summed E-state index contributed by atoms with van der Waals surface area (Å²) in [5.41, 5.74) is 1.58. The molecule has 3 fully saturated rings. The maximum Gasteiger partial charge on any atom is 0.185 e. The van der Waals surface area contributed by atoms with E-state index in [1.165, 1.54) is 5.57 Å². The van der Waals surface area contributed by atoms with Gasteiger partial charge in [0.2, 0.25) is 0 Å². The number of hydrogen-bond donors (Lipinski definition) is 0. The van der Waals surface area contributed by atoms with Crippen LogP contribution in [0.4, 0.5) is 0 Å². The van der Waals surface area contributed by atoms with Crippen LogP contribution in [0.2, 0.25) is 58.9 Å². The van der Waals surface area contributed by atoms with Crippen LogP contribution in [0.15, 0.2) is 22.0 Å². The SMILES string of the molecule is CO/N=C1/C=C2C(O[Si](C)(C)C)CC3C(C(=O)CC4(C)C3CCC4(O[Si](C)(C)C)/C(CO[Si](C)(C)C)=N/OC)C2(C)CC1. The summed E-state index contributed by atoms with van der Waals surface area (Å²) in [4.78, 5) is 25.4. The quantitative estimate of drug-likeness (QED) is 0.139. The van der Waals surface area contributed by atoms with E-state index in [0.717, 1.165) is 43.5 Å². The molecule has 7 atom stereocenters. The Hall–Kier alpha value is -1.12. The Kier molecular flexibility index (Phi) is 9.63. The van der Waals surface area contributed by atoms with Crippen LogP contribution in [0.1, 0.15) is 52.4 Å². The number of carbonyl (C=O) groups excluding carboxylic acids is 1. The molecule has 4 aliphatic rings. The van der Waals surface area contributed by atoms with Gasteiger partial charge in [-0.1, -0.05) is 24.2 Å². The molecule has 0 radical (unpaired) electrons. The Labute approximate surface area is 263 Å². The second-order valence-electron chi connectivity index (χ2n) is 16.7. The Bertz CT molecular complexity index is 1170. The van der Waals surface area contributed by atoms with E-state index in [0.29, 0.717) is 24.7 Å². The van der Waals surface area contributed by atoms with Gasteiger partial charge in [-0.05, 0) is 115 Å². The van der Waals surface area contributed by atoms with Crippen molar-refractivity contribution in [2.45, 2.75) is 123 Å². The Morgan fingerprint density at radius 1 is 0.953 bits per heavy atom. The van der Waals surface area contributed by atoms with Crippen molar-refractivity contribution in [2.24, 2.45) is 38.9 Å². The molecule has 7 unspecified atom stereocenters. The first-order valence-corrected chi connectivity index (χ1v) is 26.4. The van der Waals surface area contributed by atoms with Gasteiger partial charge in [0.05, 0.1) is 18.4 Å². The van der Waals surface area contributed by atoms with E-state index in [1.54, 1.807) is 14.2 Å². The van der Waals surface area contributed by atoms with Gasteiger partial charge >= 0.3 is 0 Å². The van der Waals surface area contributed by atoms with Crippen molar-refractivity contribution >= 4 is 42.2 Å². The van der Waals surface area contributed by atoms with Crippen molar-refractivity contribution in [1.29, 1.82) is 0 Å². The van der Waals surface area contributed by atoms with Gasteiger partial charge in [0.25, 0.3) is 0 Å². The minimum absolute atomic E-state index is 0.0364. The van der Waals surface area contributed by atoms with Crippen LogP contribution >= 0.6 is 0 Å². The first kappa shape index (κ1) is 34.7. The van der Waals surface area contributed by atoms with Crippen LogP contribution in [0.25, 0.3) is 0 Å². The highest BCUT2D eigenvalue weighted by atomic mass is 28.4. The number of hydrogen-bond acceptors (Lipinski definition) is 8. The second kappa shape index (κ2) is 11.9. The van der Waals surface area contributed by atoms with Crippen LogP contribution in [0.3, 0.4) is 0 Å². The summed E-state index contributed by atoms with van der Waals surface area (Å²) in [6.45, 7) is 25.1. The van der Waals surface area contributed by atoms with Crippen molar-refractivity contribution in [3.05, 3.63) is 11.6 Å². The van der Waals surface area contributed by atoms with Crippen molar-refractivity contribution < 1.29 is 27.7 Å². The van der Waals surface area contributed by atoms with Gasteiger partial charge in [0.15, 0.2) is 25.0 Å². The summed E-state index contributed by atoms with van der Waals surface area (Å²) in [5.74, 6) is 0.792. The summed E-state index contributed by atoms with van der Waals surface area (Å²) in [7, 11) is -2.66. The molecule has 3 saturated carbocycles. The number of allylic oxidation sites excluding steroid dienone is 1. The number of Topliss-reactive ketones (excluding diaryl/α,β-unsaturated/α-hetero) is 1. The third-order valence-corrected chi connectivity index (χ3v) is 13.2. The summed E-state index contributed by atoms with van der Waals surface area (Å²) >= 11 is 0. The minimum Gasteiger partial charge on any atom is -0.412 e. The molecule has 11 heteroatoms. The molecule has 0 aromatic rings. The standard InChI is InChI=1S/C32H58N2O6Si3/c1-30-16-14-22(33-36-3)18-25(30)27(39-42(8,9)10)19-23-24-15-17-32(40-43(11,12)13,31(24,2)20-26(35)29(23)30)28(34-37-4)21-38-41(5,6)7/h18,23-24,27,29H,14-17,19-21H2,1-13H3/b33-22+,34-28+. The van der Waals surface area contributed by atoms with E-state index in [1.807, 2.05) is 0 Å². The fraction of sp³-hybridized carbons (Fsp3) is 0.844. The predicted octanol–water partition coefficient (Wildman–Crippen LogP) is 7.40. The van der Waals surface area contributed by atoms with Crippen LogP contribution in [0.5, 0.6) is 0 Å². The van der Waals surface area contributed by atoms with Gasteiger partial charge in [-0.25, -0.2) is 0 Å². The third-order valence-electron chi connectivity index (χ3n) is 10.3. The van der Waals surface area contributed by atoms with E-state index < -0.39 is 36.0 Å². The molecule has 0 saturated heterocycles.